The Bertz CT molecular complexity index is 1510. The molecule has 1 saturated heterocycles. The van der Waals surface area contributed by atoms with Gasteiger partial charge in [-0.15, -0.1) is 0 Å². The first-order valence-electron chi connectivity index (χ1n) is 12.2. The molecule has 0 saturated carbocycles. The normalized spacial score (nSPS) is 14.1. The smallest absolute Gasteiger partial charge is 0.274 e. The van der Waals surface area contributed by atoms with Gasteiger partial charge in [-0.3, -0.25) is 9.69 Å². The SMILES string of the molecule is O=C(Nc1ccccc1-c1nc2cccnc2s1)c1ccc(CN2CCOCC2)c(-c2ccccc2)n1. The van der Waals surface area contributed by atoms with Crippen LogP contribution in [0, 0.1) is 0 Å². The maximum atomic E-state index is 13.4. The van der Waals surface area contributed by atoms with Crippen molar-refractivity contribution in [2.45, 2.75) is 6.54 Å². The fraction of sp³-hybridized carbons (Fsp3) is 0.172. The summed E-state index contributed by atoms with van der Waals surface area (Å²) in [4.78, 5) is 30.6. The number of hydrogen-bond acceptors (Lipinski definition) is 7. The van der Waals surface area contributed by atoms with E-state index in [2.05, 4.69) is 15.2 Å². The number of ether oxygens (including phenoxy) is 1. The average molecular weight is 508 g/mol. The molecule has 3 aromatic heterocycles. The second-order valence-electron chi connectivity index (χ2n) is 8.81. The molecule has 184 valence electrons. The summed E-state index contributed by atoms with van der Waals surface area (Å²) in [6, 6.07) is 25.4. The van der Waals surface area contributed by atoms with E-state index in [9.17, 15) is 4.79 Å². The zero-order chi connectivity index (χ0) is 25.0. The minimum Gasteiger partial charge on any atom is -0.379 e. The first-order valence-corrected chi connectivity index (χ1v) is 13.0. The van der Waals surface area contributed by atoms with Crippen molar-refractivity contribution in [2.75, 3.05) is 31.6 Å². The van der Waals surface area contributed by atoms with Crippen LogP contribution in [-0.2, 0) is 11.3 Å². The van der Waals surface area contributed by atoms with E-state index in [1.54, 1.807) is 6.20 Å². The quantitative estimate of drug-likeness (QED) is 0.327. The number of fused-ring (bicyclic) bond motifs is 1. The summed E-state index contributed by atoms with van der Waals surface area (Å²) in [7, 11) is 0. The number of thiazole rings is 1. The van der Waals surface area contributed by atoms with Crippen LogP contribution in [-0.4, -0.2) is 52.1 Å². The van der Waals surface area contributed by atoms with Gasteiger partial charge in [0.25, 0.3) is 5.91 Å². The first-order chi connectivity index (χ1) is 18.2. The molecule has 0 unspecified atom stereocenters. The lowest BCUT2D eigenvalue weighted by Crippen LogP contribution is -2.35. The molecular formula is C29H25N5O2S. The molecule has 7 nitrogen and oxygen atoms in total. The average Bonchev–Trinajstić information content (AvgIpc) is 3.39. The molecule has 4 heterocycles. The molecule has 0 atom stereocenters. The van der Waals surface area contributed by atoms with Gasteiger partial charge in [-0.1, -0.05) is 59.9 Å². The molecule has 0 radical (unpaired) electrons. The standard InChI is InChI=1S/C29H25N5O2S/c35-27(32-23-10-5-4-9-22(23)28-33-25-11-6-14-30-29(25)37-28)24-13-12-21(19-34-15-17-36-18-16-34)26(31-24)20-7-2-1-3-8-20/h1-14H,15-19H2,(H,32,35). The van der Waals surface area contributed by atoms with E-state index < -0.39 is 0 Å². The Kier molecular flexibility index (Phi) is 6.68. The van der Waals surface area contributed by atoms with Crippen molar-refractivity contribution < 1.29 is 9.53 Å². The van der Waals surface area contributed by atoms with Gasteiger partial charge in [0.05, 0.1) is 24.6 Å². The molecule has 0 bridgehead atoms. The van der Waals surface area contributed by atoms with Crippen molar-refractivity contribution in [3.8, 4) is 21.8 Å². The Hall–Kier alpha value is -3.98. The Morgan fingerprint density at radius 1 is 0.919 bits per heavy atom. The molecule has 0 aliphatic carbocycles. The highest BCUT2D eigenvalue weighted by Crippen LogP contribution is 2.34. The third-order valence-corrected chi connectivity index (χ3v) is 7.34. The predicted molar refractivity (Wildman–Crippen MR) is 147 cm³/mol. The minimum atomic E-state index is -0.262. The lowest BCUT2D eigenvalue weighted by molar-refractivity contribution is 0.0342. The molecule has 8 heteroatoms. The highest BCUT2D eigenvalue weighted by atomic mass is 32.1. The maximum absolute atomic E-state index is 13.4. The van der Waals surface area contributed by atoms with Gasteiger partial charge in [-0.05, 0) is 35.9 Å². The van der Waals surface area contributed by atoms with Crippen LogP contribution in [0.4, 0.5) is 5.69 Å². The molecule has 2 aromatic carbocycles. The lowest BCUT2D eigenvalue weighted by atomic mass is 10.0. The van der Waals surface area contributed by atoms with E-state index in [0.29, 0.717) is 11.4 Å². The summed E-state index contributed by atoms with van der Waals surface area (Å²) >= 11 is 1.50. The molecule has 0 spiro atoms. The Labute approximate surface area is 218 Å². The van der Waals surface area contributed by atoms with Crippen LogP contribution >= 0.6 is 11.3 Å². The number of amides is 1. The van der Waals surface area contributed by atoms with Gasteiger partial charge in [-0.2, -0.15) is 0 Å². The number of carbonyl (C=O) groups excluding carboxylic acids is 1. The number of hydrogen-bond donors (Lipinski definition) is 1. The number of pyridine rings is 2. The molecule has 5 aromatic rings. The van der Waals surface area contributed by atoms with Crippen LogP contribution in [0.3, 0.4) is 0 Å². The molecule has 1 amide bonds. The number of rotatable bonds is 6. The number of nitrogens with zero attached hydrogens (tertiary/aromatic N) is 4. The molecule has 1 fully saturated rings. The fourth-order valence-electron chi connectivity index (χ4n) is 4.44. The summed E-state index contributed by atoms with van der Waals surface area (Å²) in [5.74, 6) is -0.262. The third-order valence-electron chi connectivity index (χ3n) is 6.33. The zero-order valence-corrected chi connectivity index (χ0v) is 20.9. The molecular weight excluding hydrogens is 482 g/mol. The second-order valence-corrected chi connectivity index (χ2v) is 9.78. The number of benzene rings is 2. The Morgan fingerprint density at radius 2 is 1.73 bits per heavy atom. The third kappa shape index (κ3) is 5.13. The first kappa shape index (κ1) is 23.4. The molecule has 1 aliphatic rings. The van der Waals surface area contributed by atoms with E-state index in [0.717, 1.165) is 70.6 Å². The van der Waals surface area contributed by atoms with Crippen molar-refractivity contribution >= 4 is 33.3 Å². The van der Waals surface area contributed by atoms with Gasteiger partial charge < -0.3 is 10.1 Å². The van der Waals surface area contributed by atoms with E-state index >= 15 is 0 Å². The van der Waals surface area contributed by atoms with Crippen LogP contribution in [0.1, 0.15) is 16.1 Å². The van der Waals surface area contributed by atoms with Crippen LogP contribution in [0.15, 0.2) is 85.1 Å². The summed E-state index contributed by atoms with van der Waals surface area (Å²) < 4.78 is 5.50. The van der Waals surface area contributed by atoms with Gasteiger partial charge in [0, 0.05) is 37.0 Å². The molecule has 6 rings (SSSR count). The summed E-state index contributed by atoms with van der Waals surface area (Å²) in [5.41, 5.74) is 5.65. The van der Waals surface area contributed by atoms with Gasteiger partial charge >= 0.3 is 0 Å². The van der Waals surface area contributed by atoms with Crippen molar-refractivity contribution in [2.24, 2.45) is 0 Å². The fourth-order valence-corrected chi connectivity index (χ4v) is 5.39. The summed E-state index contributed by atoms with van der Waals surface area (Å²) in [6.07, 6.45) is 1.76. The summed E-state index contributed by atoms with van der Waals surface area (Å²) in [6.45, 7) is 4.00. The van der Waals surface area contributed by atoms with Crippen molar-refractivity contribution in [3.63, 3.8) is 0 Å². The predicted octanol–water partition coefficient (Wildman–Crippen LogP) is 5.50. The van der Waals surface area contributed by atoms with Gasteiger partial charge in [0.1, 0.15) is 21.0 Å². The van der Waals surface area contributed by atoms with Crippen molar-refractivity contribution in [1.29, 1.82) is 0 Å². The number of aromatic nitrogens is 3. The van der Waals surface area contributed by atoms with E-state index in [1.165, 1.54) is 11.3 Å². The number of carbonyl (C=O) groups is 1. The second kappa shape index (κ2) is 10.6. The number of anilines is 1. The number of para-hydroxylation sites is 1. The number of nitrogens with one attached hydrogen (secondary N) is 1. The van der Waals surface area contributed by atoms with E-state index in [4.69, 9.17) is 14.7 Å². The highest BCUT2D eigenvalue weighted by Gasteiger charge is 2.19. The van der Waals surface area contributed by atoms with Crippen LogP contribution in [0.2, 0.25) is 0 Å². The topological polar surface area (TPSA) is 80.2 Å². The van der Waals surface area contributed by atoms with Crippen LogP contribution < -0.4 is 5.32 Å². The highest BCUT2D eigenvalue weighted by molar-refractivity contribution is 7.21. The lowest BCUT2D eigenvalue weighted by Gasteiger charge is -2.27. The van der Waals surface area contributed by atoms with Gasteiger partial charge in [0.2, 0.25) is 0 Å². The van der Waals surface area contributed by atoms with Crippen LogP contribution in [0.25, 0.3) is 32.2 Å². The molecule has 37 heavy (non-hydrogen) atoms. The van der Waals surface area contributed by atoms with E-state index in [1.807, 2.05) is 78.9 Å². The van der Waals surface area contributed by atoms with Gasteiger partial charge in [0.15, 0.2) is 0 Å². The molecule has 1 N–H and O–H groups in total. The minimum absolute atomic E-state index is 0.262. The molecule has 1 aliphatic heterocycles. The zero-order valence-electron chi connectivity index (χ0n) is 20.1. The van der Waals surface area contributed by atoms with E-state index in [-0.39, 0.29) is 5.91 Å². The van der Waals surface area contributed by atoms with Gasteiger partial charge in [-0.25, -0.2) is 15.0 Å². The van der Waals surface area contributed by atoms with Crippen molar-refractivity contribution in [1.82, 2.24) is 19.9 Å². The number of morpholine rings is 1. The van der Waals surface area contributed by atoms with Crippen LogP contribution in [0.5, 0.6) is 0 Å². The Balaban J connectivity index is 1.31. The maximum Gasteiger partial charge on any atom is 0.274 e. The summed E-state index contributed by atoms with van der Waals surface area (Å²) in [5, 5.41) is 3.88. The Morgan fingerprint density at radius 3 is 2.57 bits per heavy atom. The van der Waals surface area contributed by atoms with Crippen molar-refractivity contribution in [3.05, 3.63) is 96.3 Å². The monoisotopic (exact) mass is 507 g/mol. The largest absolute Gasteiger partial charge is 0.379 e.